The molecule has 0 saturated carbocycles. The van der Waals surface area contributed by atoms with Crippen LogP contribution >= 0.6 is 0 Å². The molecule has 0 aromatic heterocycles. The number of hydrogen-bond donors (Lipinski definition) is 1. The molecule has 0 aliphatic carbocycles. The summed E-state index contributed by atoms with van der Waals surface area (Å²) < 4.78 is 48.5. The van der Waals surface area contributed by atoms with Gasteiger partial charge in [-0.1, -0.05) is 24.3 Å². The number of rotatable bonds is 6. The first-order valence-corrected chi connectivity index (χ1v) is 12.0. The molecule has 1 aliphatic rings. The van der Waals surface area contributed by atoms with Crippen molar-refractivity contribution < 1.29 is 27.4 Å². The van der Waals surface area contributed by atoms with E-state index in [1.54, 1.807) is 36.4 Å². The average molecular weight is 470 g/mol. The fraction of sp³-hybridized carbons (Fsp3) is 0.240. The lowest BCUT2D eigenvalue weighted by molar-refractivity contribution is -0.137. The van der Waals surface area contributed by atoms with Crippen molar-refractivity contribution in [3.05, 3.63) is 77.6 Å². The Morgan fingerprint density at radius 3 is 2.64 bits per heavy atom. The number of anilines is 1. The molecule has 1 atom stereocenters. The van der Waals surface area contributed by atoms with Crippen LogP contribution in [0.3, 0.4) is 0 Å². The molecule has 0 amide bonds. The molecule has 0 bridgehead atoms. The summed E-state index contributed by atoms with van der Waals surface area (Å²) in [6.07, 6.45) is -0.590. The molecule has 33 heavy (non-hydrogen) atoms. The van der Waals surface area contributed by atoms with Crippen LogP contribution in [-0.4, -0.2) is 32.1 Å². The minimum Gasteiger partial charge on any atom is -0.486 e. The van der Waals surface area contributed by atoms with Crippen molar-refractivity contribution in [3.8, 4) is 16.9 Å². The average Bonchev–Trinajstić information content (AvgIpc) is 2.78. The summed E-state index contributed by atoms with van der Waals surface area (Å²) in [7, 11) is -3.95. The molecule has 0 spiro atoms. The maximum atomic E-state index is 13.9. The molecule has 3 aromatic rings. The molecular weight excluding hydrogens is 445 g/mol. The topological polar surface area (TPSA) is 83.9 Å². The van der Waals surface area contributed by atoms with Crippen LogP contribution in [0.4, 0.5) is 10.1 Å². The molecule has 1 heterocycles. The van der Waals surface area contributed by atoms with Crippen molar-refractivity contribution >= 4 is 21.7 Å². The predicted molar refractivity (Wildman–Crippen MR) is 124 cm³/mol. The van der Waals surface area contributed by atoms with Crippen molar-refractivity contribution in [2.45, 2.75) is 37.7 Å². The van der Waals surface area contributed by atoms with Gasteiger partial charge in [-0.3, -0.25) is 9.10 Å². The smallest absolute Gasteiger partial charge is 0.303 e. The Balaban J connectivity index is 1.82. The molecule has 8 heteroatoms. The van der Waals surface area contributed by atoms with E-state index in [2.05, 4.69) is 0 Å². The van der Waals surface area contributed by atoms with Crippen molar-refractivity contribution in [2.24, 2.45) is 0 Å². The first kappa shape index (κ1) is 22.8. The minimum atomic E-state index is -3.95. The second-order valence-corrected chi connectivity index (χ2v) is 10.0. The van der Waals surface area contributed by atoms with Gasteiger partial charge in [0.15, 0.2) is 0 Å². The number of fused-ring (bicyclic) bond motifs is 1. The summed E-state index contributed by atoms with van der Waals surface area (Å²) in [5.41, 5.74) is 3.29. The zero-order chi connectivity index (χ0) is 23.8. The van der Waals surface area contributed by atoms with E-state index in [4.69, 9.17) is 9.84 Å². The van der Waals surface area contributed by atoms with Crippen molar-refractivity contribution in [1.82, 2.24) is 0 Å². The highest BCUT2D eigenvalue weighted by molar-refractivity contribution is 7.92. The SMILES string of the molecule is Cc1cccc(S(=O)(=O)N2C[C@H](CCC(=O)O)Oc3ccc(-c4cc(F)ccc4C)cc32)c1. The van der Waals surface area contributed by atoms with Gasteiger partial charge in [0.25, 0.3) is 10.0 Å². The van der Waals surface area contributed by atoms with E-state index >= 15 is 0 Å². The van der Waals surface area contributed by atoms with Gasteiger partial charge in [0.2, 0.25) is 0 Å². The predicted octanol–water partition coefficient (Wildman–Crippen LogP) is 4.93. The molecule has 172 valence electrons. The van der Waals surface area contributed by atoms with E-state index in [0.29, 0.717) is 22.6 Å². The number of hydrogen-bond acceptors (Lipinski definition) is 4. The molecule has 1 aliphatic heterocycles. The zero-order valence-corrected chi connectivity index (χ0v) is 19.1. The van der Waals surface area contributed by atoms with Gasteiger partial charge in [-0.05, 0) is 78.9 Å². The Morgan fingerprint density at radius 2 is 1.91 bits per heavy atom. The number of benzene rings is 3. The van der Waals surface area contributed by atoms with Gasteiger partial charge in [0.1, 0.15) is 17.7 Å². The van der Waals surface area contributed by atoms with Crippen LogP contribution in [-0.2, 0) is 14.8 Å². The highest BCUT2D eigenvalue weighted by Crippen LogP contribution is 2.41. The normalized spacial score (nSPS) is 15.6. The van der Waals surface area contributed by atoms with Gasteiger partial charge in [0.05, 0.1) is 17.1 Å². The quantitative estimate of drug-likeness (QED) is 0.553. The molecular formula is C25H24FNO5S. The fourth-order valence-electron chi connectivity index (χ4n) is 3.95. The molecule has 6 nitrogen and oxygen atoms in total. The van der Waals surface area contributed by atoms with E-state index in [-0.39, 0.29) is 30.1 Å². The third-order valence-electron chi connectivity index (χ3n) is 5.66. The Bertz CT molecular complexity index is 1320. The van der Waals surface area contributed by atoms with Crippen LogP contribution in [0.5, 0.6) is 5.75 Å². The van der Waals surface area contributed by atoms with E-state index < -0.39 is 22.1 Å². The van der Waals surface area contributed by atoms with E-state index in [9.17, 15) is 17.6 Å². The second-order valence-electron chi connectivity index (χ2n) is 8.17. The van der Waals surface area contributed by atoms with Crippen LogP contribution < -0.4 is 9.04 Å². The Labute approximate surface area is 192 Å². The molecule has 1 N–H and O–H groups in total. The first-order chi connectivity index (χ1) is 15.6. The molecule has 0 radical (unpaired) electrons. The summed E-state index contributed by atoms with van der Waals surface area (Å²) >= 11 is 0. The van der Waals surface area contributed by atoms with E-state index in [0.717, 1.165) is 11.1 Å². The lowest BCUT2D eigenvalue weighted by Crippen LogP contribution is -2.43. The number of sulfonamides is 1. The van der Waals surface area contributed by atoms with Crippen LogP contribution in [0.1, 0.15) is 24.0 Å². The summed E-state index contributed by atoms with van der Waals surface area (Å²) in [6, 6.07) is 16.2. The number of aryl methyl sites for hydroxylation is 2. The molecule has 0 fully saturated rings. The molecule has 0 saturated heterocycles. The third kappa shape index (κ3) is 4.71. The van der Waals surface area contributed by atoms with Crippen LogP contribution in [0.25, 0.3) is 11.1 Å². The number of carbonyl (C=O) groups is 1. The van der Waals surface area contributed by atoms with Crippen LogP contribution in [0, 0.1) is 19.7 Å². The van der Waals surface area contributed by atoms with Gasteiger partial charge in [0, 0.05) is 6.42 Å². The number of nitrogens with zero attached hydrogens (tertiary/aromatic N) is 1. The minimum absolute atomic E-state index is 0.0257. The highest BCUT2D eigenvalue weighted by Gasteiger charge is 2.35. The van der Waals surface area contributed by atoms with Gasteiger partial charge in [-0.2, -0.15) is 0 Å². The Kier molecular flexibility index (Phi) is 6.12. The summed E-state index contributed by atoms with van der Waals surface area (Å²) in [6.45, 7) is 3.64. The van der Waals surface area contributed by atoms with Gasteiger partial charge in [-0.25, -0.2) is 12.8 Å². The van der Waals surface area contributed by atoms with Crippen LogP contribution in [0.15, 0.2) is 65.6 Å². The summed E-state index contributed by atoms with van der Waals surface area (Å²) in [4.78, 5) is 11.2. The lowest BCUT2D eigenvalue weighted by atomic mass is 9.99. The van der Waals surface area contributed by atoms with Gasteiger partial charge in [-0.15, -0.1) is 0 Å². The van der Waals surface area contributed by atoms with Crippen molar-refractivity contribution in [3.63, 3.8) is 0 Å². The first-order valence-electron chi connectivity index (χ1n) is 10.5. The molecule has 0 unspecified atom stereocenters. The number of ether oxygens (including phenoxy) is 1. The van der Waals surface area contributed by atoms with E-state index in [1.165, 1.54) is 22.5 Å². The van der Waals surface area contributed by atoms with Gasteiger partial charge < -0.3 is 9.84 Å². The summed E-state index contributed by atoms with van der Waals surface area (Å²) in [5.74, 6) is -1.03. The summed E-state index contributed by atoms with van der Waals surface area (Å²) in [5, 5.41) is 9.07. The van der Waals surface area contributed by atoms with Crippen LogP contribution in [0.2, 0.25) is 0 Å². The lowest BCUT2D eigenvalue weighted by Gasteiger charge is -2.36. The highest BCUT2D eigenvalue weighted by atomic mass is 32.2. The number of halogens is 1. The monoisotopic (exact) mass is 469 g/mol. The maximum absolute atomic E-state index is 13.9. The number of carboxylic acid groups (broad SMARTS) is 1. The van der Waals surface area contributed by atoms with E-state index in [1.807, 2.05) is 19.9 Å². The Hall–Kier alpha value is -3.39. The van der Waals surface area contributed by atoms with Crippen molar-refractivity contribution in [1.29, 1.82) is 0 Å². The maximum Gasteiger partial charge on any atom is 0.303 e. The number of aliphatic carboxylic acids is 1. The zero-order valence-electron chi connectivity index (χ0n) is 18.3. The molecule has 3 aromatic carbocycles. The standard InChI is InChI=1S/C25H24FNO5S/c1-16-4-3-5-21(12-16)33(30,31)27-15-20(9-11-25(28)29)32-24-10-7-18(13-23(24)27)22-14-19(26)8-6-17(22)2/h3-8,10,12-14,20H,9,11,15H2,1-2H3,(H,28,29)/t20-/m0/s1. The van der Waals surface area contributed by atoms with Gasteiger partial charge >= 0.3 is 5.97 Å². The molecule has 4 rings (SSSR count). The Morgan fingerprint density at radius 1 is 1.12 bits per heavy atom. The largest absolute Gasteiger partial charge is 0.486 e. The number of carboxylic acids is 1. The fourth-order valence-corrected chi connectivity index (χ4v) is 5.55. The van der Waals surface area contributed by atoms with Crippen molar-refractivity contribution in [2.75, 3.05) is 10.8 Å². The third-order valence-corrected chi connectivity index (χ3v) is 7.43. The second kappa shape index (κ2) is 8.86.